The molecule has 0 saturated heterocycles. The number of carbonyl (C=O) groups is 2. The van der Waals surface area contributed by atoms with Crippen LogP contribution in [0.15, 0.2) is 42.5 Å². The number of carbonyl (C=O) groups excluding carboxylic acids is 1. The molecule has 2 aromatic carbocycles. The van der Waals surface area contributed by atoms with Crippen molar-refractivity contribution in [3.63, 3.8) is 0 Å². The average Bonchev–Trinajstić information content (AvgIpc) is 2.45. The molecule has 0 unspecified atom stereocenters. The van der Waals surface area contributed by atoms with Crippen molar-refractivity contribution in [1.29, 1.82) is 0 Å². The van der Waals surface area contributed by atoms with Crippen molar-refractivity contribution >= 4 is 11.9 Å². The van der Waals surface area contributed by atoms with Crippen molar-refractivity contribution < 1.29 is 24.2 Å². The van der Waals surface area contributed by atoms with Crippen molar-refractivity contribution in [1.82, 2.24) is 5.32 Å². The molecule has 0 bridgehead atoms. The molecule has 5 nitrogen and oxygen atoms in total. The van der Waals surface area contributed by atoms with E-state index in [9.17, 15) is 19.1 Å². The van der Waals surface area contributed by atoms with E-state index in [2.05, 4.69) is 5.32 Å². The summed E-state index contributed by atoms with van der Waals surface area (Å²) in [5.74, 6) is -2.98. The van der Waals surface area contributed by atoms with Gasteiger partial charge in [-0.15, -0.1) is 0 Å². The van der Waals surface area contributed by atoms with Gasteiger partial charge >= 0.3 is 5.97 Å². The van der Waals surface area contributed by atoms with Gasteiger partial charge in [0.15, 0.2) is 0 Å². The fourth-order valence-electron chi connectivity index (χ4n) is 1.82. The van der Waals surface area contributed by atoms with E-state index < -0.39 is 23.4 Å². The molecule has 2 rings (SSSR count). The van der Waals surface area contributed by atoms with Gasteiger partial charge in [0.05, 0.1) is 5.56 Å². The van der Waals surface area contributed by atoms with Crippen LogP contribution in [-0.2, 0) is 6.54 Å². The Balaban J connectivity index is 2.14. The van der Waals surface area contributed by atoms with Crippen LogP contribution < -0.4 is 5.32 Å². The van der Waals surface area contributed by atoms with E-state index in [0.717, 1.165) is 0 Å². The number of hydrogen-bond donors (Lipinski definition) is 3. The lowest BCUT2D eigenvalue weighted by atomic mass is 10.1. The summed E-state index contributed by atoms with van der Waals surface area (Å²) in [4.78, 5) is 22.8. The topological polar surface area (TPSA) is 86.6 Å². The van der Waals surface area contributed by atoms with Crippen LogP contribution in [0.2, 0.25) is 0 Å². The lowest BCUT2D eigenvalue weighted by Crippen LogP contribution is -2.23. The fraction of sp³-hybridized carbons (Fsp3) is 0.0667. The van der Waals surface area contributed by atoms with E-state index in [1.54, 1.807) is 6.07 Å². The van der Waals surface area contributed by atoms with Gasteiger partial charge in [0, 0.05) is 6.54 Å². The summed E-state index contributed by atoms with van der Waals surface area (Å²) >= 11 is 0. The van der Waals surface area contributed by atoms with E-state index in [0.29, 0.717) is 5.56 Å². The highest BCUT2D eigenvalue weighted by Crippen LogP contribution is 2.22. The van der Waals surface area contributed by atoms with Gasteiger partial charge in [0.1, 0.15) is 17.1 Å². The summed E-state index contributed by atoms with van der Waals surface area (Å²) < 4.78 is 13.0. The maximum Gasteiger partial charge on any atom is 0.339 e. The van der Waals surface area contributed by atoms with Gasteiger partial charge in [-0.2, -0.15) is 0 Å². The molecule has 2 aromatic rings. The Morgan fingerprint density at radius 1 is 1.10 bits per heavy atom. The van der Waals surface area contributed by atoms with E-state index in [4.69, 9.17) is 5.11 Å². The number of carboxylic acid groups (broad SMARTS) is 1. The number of rotatable bonds is 4. The molecule has 0 atom stereocenters. The number of hydrogen-bond acceptors (Lipinski definition) is 3. The minimum absolute atomic E-state index is 0.0628. The second kappa shape index (κ2) is 6.04. The van der Waals surface area contributed by atoms with Crippen LogP contribution in [0.5, 0.6) is 5.75 Å². The Hall–Kier alpha value is -2.89. The minimum Gasteiger partial charge on any atom is -0.506 e. The van der Waals surface area contributed by atoms with Crippen LogP contribution in [0.25, 0.3) is 0 Å². The van der Waals surface area contributed by atoms with Crippen LogP contribution in [-0.4, -0.2) is 22.1 Å². The Labute approximate surface area is 119 Å². The molecule has 0 fully saturated rings. The molecule has 21 heavy (non-hydrogen) atoms. The molecule has 108 valence electrons. The summed E-state index contributed by atoms with van der Waals surface area (Å²) in [6.07, 6.45) is 0. The fourth-order valence-corrected chi connectivity index (χ4v) is 1.82. The standard InChI is InChI=1S/C15H12FNO4/c16-10-4-1-3-9(7-10)8-17-14(19)11-5-2-6-12(13(11)18)15(20)21/h1-7,18H,8H2,(H,17,19)(H,20,21). The Morgan fingerprint density at radius 2 is 1.76 bits per heavy atom. The monoisotopic (exact) mass is 289 g/mol. The number of phenols is 1. The smallest absolute Gasteiger partial charge is 0.339 e. The zero-order chi connectivity index (χ0) is 15.4. The van der Waals surface area contributed by atoms with Crippen molar-refractivity contribution in [2.75, 3.05) is 0 Å². The molecule has 6 heteroatoms. The first kappa shape index (κ1) is 14.5. The highest BCUT2D eigenvalue weighted by molar-refractivity contribution is 6.01. The summed E-state index contributed by atoms with van der Waals surface area (Å²) in [5, 5.41) is 21.1. The third-order valence-corrected chi connectivity index (χ3v) is 2.85. The quantitative estimate of drug-likeness (QED) is 0.805. The van der Waals surface area contributed by atoms with E-state index in [1.165, 1.54) is 36.4 Å². The first-order valence-corrected chi connectivity index (χ1v) is 6.07. The first-order chi connectivity index (χ1) is 9.99. The van der Waals surface area contributed by atoms with E-state index in [1.807, 2.05) is 0 Å². The van der Waals surface area contributed by atoms with Crippen LogP contribution in [0.3, 0.4) is 0 Å². The Bertz CT molecular complexity index is 700. The van der Waals surface area contributed by atoms with Gasteiger partial charge in [-0.1, -0.05) is 18.2 Å². The number of nitrogens with one attached hydrogen (secondary N) is 1. The Kier molecular flexibility index (Phi) is 4.18. The number of halogens is 1. The molecular weight excluding hydrogens is 277 g/mol. The number of aromatic carboxylic acids is 1. The molecule has 0 saturated carbocycles. The van der Waals surface area contributed by atoms with Gasteiger partial charge in [-0.25, -0.2) is 9.18 Å². The molecule has 0 heterocycles. The molecule has 3 N–H and O–H groups in total. The highest BCUT2D eigenvalue weighted by Gasteiger charge is 2.17. The molecule has 0 aromatic heterocycles. The number of para-hydroxylation sites is 1. The molecule has 0 radical (unpaired) electrons. The van der Waals surface area contributed by atoms with Gasteiger partial charge < -0.3 is 15.5 Å². The van der Waals surface area contributed by atoms with Crippen LogP contribution in [0, 0.1) is 5.82 Å². The summed E-state index contributed by atoms with van der Waals surface area (Å²) in [7, 11) is 0. The summed E-state index contributed by atoms with van der Waals surface area (Å²) in [6.45, 7) is 0.0628. The predicted octanol–water partition coefficient (Wildman–Crippen LogP) is 2.16. The number of benzene rings is 2. The maximum absolute atomic E-state index is 13.0. The number of aromatic hydroxyl groups is 1. The van der Waals surface area contributed by atoms with Gasteiger partial charge in [-0.05, 0) is 29.8 Å². The van der Waals surface area contributed by atoms with Crippen molar-refractivity contribution in [3.8, 4) is 5.75 Å². The average molecular weight is 289 g/mol. The second-order valence-electron chi connectivity index (χ2n) is 4.32. The normalized spacial score (nSPS) is 10.1. The van der Waals surface area contributed by atoms with Gasteiger partial charge in [0.2, 0.25) is 0 Å². The van der Waals surface area contributed by atoms with Crippen molar-refractivity contribution in [2.45, 2.75) is 6.54 Å². The van der Waals surface area contributed by atoms with E-state index >= 15 is 0 Å². The molecule has 0 aliphatic rings. The number of carboxylic acids is 1. The molecule has 0 aliphatic heterocycles. The van der Waals surface area contributed by atoms with Crippen LogP contribution in [0.1, 0.15) is 26.3 Å². The van der Waals surface area contributed by atoms with Gasteiger partial charge in [-0.3, -0.25) is 4.79 Å². The van der Waals surface area contributed by atoms with E-state index in [-0.39, 0.29) is 17.7 Å². The minimum atomic E-state index is -1.33. The van der Waals surface area contributed by atoms with Crippen molar-refractivity contribution in [3.05, 3.63) is 65.0 Å². The first-order valence-electron chi connectivity index (χ1n) is 6.07. The zero-order valence-electron chi connectivity index (χ0n) is 10.8. The molecule has 1 amide bonds. The third-order valence-electron chi connectivity index (χ3n) is 2.85. The highest BCUT2D eigenvalue weighted by atomic mass is 19.1. The second-order valence-corrected chi connectivity index (χ2v) is 4.32. The Morgan fingerprint density at radius 3 is 2.43 bits per heavy atom. The number of amides is 1. The lowest BCUT2D eigenvalue weighted by Gasteiger charge is -2.08. The third kappa shape index (κ3) is 3.36. The summed E-state index contributed by atoms with van der Waals surface area (Å²) in [6, 6.07) is 9.57. The molecule has 0 spiro atoms. The van der Waals surface area contributed by atoms with Crippen molar-refractivity contribution in [2.24, 2.45) is 0 Å². The lowest BCUT2D eigenvalue weighted by molar-refractivity contribution is 0.0693. The summed E-state index contributed by atoms with van der Waals surface area (Å²) in [5.41, 5.74) is 0.0527. The van der Waals surface area contributed by atoms with Gasteiger partial charge in [0.25, 0.3) is 5.91 Å². The maximum atomic E-state index is 13.0. The SMILES string of the molecule is O=C(O)c1cccc(C(=O)NCc2cccc(F)c2)c1O. The van der Waals surface area contributed by atoms with Crippen LogP contribution in [0.4, 0.5) is 4.39 Å². The zero-order valence-corrected chi connectivity index (χ0v) is 10.8. The van der Waals surface area contributed by atoms with Crippen LogP contribution >= 0.6 is 0 Å². The predicted molar refractivity (Wildman–Crippen MR) is 72.6 cm³/mol. The largest absolute Gasteiger partial charge is 0.506 e. The molecular formula is C15H12FNO4. The molecule has 0 aliphatic carbocycles.